The van der Waals surface area contributed by atoms with E-state index in [1.807, 2.05) is 30.3 Å². The highest BCUT2D eigenvalue weighted by molar-refractivity contribution is 7.78. The number of hydrogen-bond donors (Lipinski definition) is 1. The van der Waals surface area contributed by atoms with Gasteiger partial charge in [-0.2, -0.15) is 9.78 Å². The van der Waals surface area contributed by atoms with Gasteiger partial charge in [0, 0.05) is 16.1 Å². The first-order chi connectivity index (χ1) is 14.3. The predicted octanol–water partition coefficient (Wildman–Crippen LogP) is 5.25. The summed E-state index contributed by atoms with van der Waals surface area (Å²) in [5.41, 5.74) is 3.61. The minimum Gasteiger partial charge on any atom is -0.306 e. The molecule has 1 heterocycles. The molecule has 0 bridgehead atoms. The van der Waals surface area contributed by atoms with E-state index in [9.17, 15) is 9.00 Å². The van der Waals surface area contributed by atoms with Gasteiger partial charge in [-0.1, -0.05) is 62.2 Å². The summed E-state index contributed by atoms with van der Waals surface area (Å²) in [6.45, 7) is 4.34. The van der Waals surface area contributed by atoms with Gasteiger partial charge >= 0.3 is 0 Å². The smallest absolute Gasteiger partial charge is 0.275 e. The van der Waals surface area contributed by atoms with Crippen LogP contribution in [0.25, 0.3) is 16.8 Å². The van der Waals surface area contributed by atoms with Crippen LogP contribution in [0.4, 0.5) is 0 Å². The van der Waals surface area contributed by atoms with Crippen LogP contribution in [0.3, 0.4) is 0 Å². The first-order valence-corrected chi connectivity index (χ1v) is 11.5. The molecule has 3 rings (SSSR count). The quantitative estimate of drug-likeness (QED) is 0.481. The summed E-state index contributed by atoms with van der Waals surface area (Å²) in [4.78, 5) is 13.3. The molecule has 1 N–H and O–H groups in total. The van der Waals surface area contributed by atoms with Gasteiger partial charge in [0.25, 0.3) is 5.56 Å². The van der Waals surface area contributed by atoms with Gasteiger partial charge in [0.2, 0.25) is 0 Å². The molecule has 1 aromatic heterocycles. The summed E-state index contributed by atoms with van der Waals surface area (Å²) in [6.07, 6.45) is 4.30. The Bertz CT molecular complexity index is 1090. The molecule has 0 saturated carbocycles. The fourth-order valence-corrected chi connectivity index (χ4v) is 4.04. The molecule has 0 amide bonds. The molecule has 158 valence electrons. The van der Waals surface area contributed by atoms with Gasteiger partial charge in [-0.3, -0.25) is 4.79 Å². The van der Waals surface area contributed by atoms with E-state index in [4.69, 9.17) is 16.2 Å². The monoisotopic (exact) mass is 444 g/mol. The number of rotatable bonds is 8. The van der Waals surface area contributed by atoms with Crippen molar-refractivity contribution in [2.75, 3.05) is 0 Å². The largest absolute Gasteiger partial charge is 0.306 e. The van der Waals surface area contributed by atoms with Crippen molar-refractivity contribution in [2.24, 2.45) is 5.92 Å². The van der Waals surface area contributed by atoms with Crippen LogP contribution in [0.2, 0.25) is 5.02 Å². The third-order valence-electron chi connectivity index (χ3n) is 4.89. The SMILES string of the molecule is CC(C)CCCc1c(-c2ccc(CS(=O)O)cc2)cnn(-c2cccc(Cl)c2)c1=O. The lowest BCUT2D eigenvalue weighted by Crippen LogP contribution is -2.25. The highest BCUT2D eigenvalue weighted by Crippen LogP contribution is 2.24. The van der Waals surface area contributed by atoms with Gasteiger partial charge in [-0.05, 0) is 48.1 Å². The van der Waals surface area contributed by atoms with Crippen molar-refractivity contribution in [1.29, 1.82) is 0 Å². The topological polar surface area (TPSA) is 72.2 Å². The second-order valence-electron chi connectivity index (χ2n) is 7.68. The summed E-state index contributed by atoms with van der Waals surface area (Å²) in [5.74, 6) is 0.639. The van der Waals surface area contributed by atoms with Gasteiger partial charge < -0.3 is 4.55 Å². The minimum absolute atomic E-state index is 0.0795. The molecule has 0 radical (unpaired) electrons. The molecular weight excluding hydrogens is 420 g/mol. The van der Waals surface area contributed by atoms with Crippen LogP contribution in [0.15, 0.2) is 59.5 Å². The van der Waals surface area contributed by atoms with Crippen LogP contribution in [-0.4, -0.2) is 18.5 Å². The lowest BCUT2D eigenvalue weighted by atomic mass is 9.96. The van der Waals surface area contributed by atoms with Gasteiger partial charge in [-0.15, -0.1) is 0 Å². The normalized spacial score (nSPS) is 12.3. The van der Waals surface area contributed by atoms with Crippen LogP contribution < -0.4 is 5.56 Å². The minimum atomic E-state index is -1.89. The highest BCUT2D eigenvalue weighted by Gasteiger charge is 2.15. The Morgan fingerprint density at radius 2 is 1.90 bits per heavy atom. The first-order valence-electron chi connectivity index (χ1n) is 9.89. The maximum absolute atomic E-state index is 13.3. The Morgan fingerprint density at radius 3 is 2.53 bits per heavy atom. The maximum Gasteiger partial charge on any atom is 0.275 e. The van der Waals surface area contributed by atoms with Crippen LogP contribution >= 0.6 is 11.6 Å². The summed E-state index contributed by atoms with van der Waals surface area (Å²) in [5, 5.41) is 4.94. The standard InChI is InChI=1S/C23H25ClN2O3S/c1-16(2)5-3-8-21-22(18-11-9-17(10-12-18)15-30(28)29)14-25-26(23(21)27)20-7-4-6-19(24)13-20/h4,6-7,9-14,16H,3,5,8,15H2,1-2H3,(H,28,29). The Hall–Kier alpha value is -2.28. The van der Waals surface area contributed by atoms with Gasteiger partial charge in [0.15, 0.2) is 11.1 Å². The Labute approximate surface area is 184 Å². The molecule has 0 spiro atoms. The van der Waals surface area contributed by atoms with Crippen molar-refractivity contribution in [1.82, 2.24) is 9.78 Å². The molecule has 7 heteroatoms. The van der Waals surface area contributed by atoms with E-state index < -0.39 is 11.1 Å². The summed E-state index contributed by atoms with van der Waals surface area (Å²) >= 11 is 4.21. The Kier molecular flexibility index (Phi) is 7.58. The van der Waals surface area contributed by atoms with E-state index in [0.29, 0.717) is 28.6 Å². The number of aromatic nitrogens is 2. The van der Waals surface area contributed by atoms with Crippen molar-refractivity contribution >= 4 is 22.7 Å². The number of halogens is 1. The van der Waals surface area contributed by atoms with Crippen LogP contribution in [0.1, 0.15) is 37.8 Å². The van der Waals surface area contributed by atoms with Crippen LogP contribution in [0, 0.1) is 5.92 Å². The average Bonchev–Trinajstić information content (AvgIpc) is 2.69. The van der Waals surface area contributed by atoms with E-state index in [1.54, 1.807) is 24.4 Å². The fourth-order valence-electron chi connectivity index (χ4n) is 3.38. The van der Waals surface area contributed by atoms with Crippen LogP contribution in [0.5, 0.6) is 0 Å². The second-order valence-corrected chi connectivity index (χ2v) is 9.05. The lowest BCUT2D eigenvalue weighted by molar-refractivity contribution is 0.553. The van der Waals surface area contributed by atoms with E-state index in [-0.39, 0.29) is 11.3 Å². The van der Waals surface area contributed by atoms with Crippen molar-refractivity contribution in [3.63, 3.8) is 0 Å². The summed E-state index contributed by atoms with van der Waals surface area (Å²) in [6, 6.07) is 14.4. The van der Waals surface area contributed by atoms with E-state index >= 15 is 0 Å². The van der Waals surface area contributed by atoms with E-state index in [1.165, 1.54) is 4.68 Å². The van der Waals surface area contributed by atoms with Gasteiger partial charge in [-0.25, -0.2) is 4.21 Å². The highest BCUT2D eigenvalue weighted by atomic mass is 35.5. The molecule has 0 fully saturated rings. The van der Waals surface area contributed by atoms with E-state index in [0.717, 1.165) is 29.5 Å². The van der Waals surface area contributed by atoms with Crippen molar-refractivity contribution < 1.29 is 8.76 Å². The molecule has 0 saturated heterocycles. The zero-order valence-corrected chi connectivity index (χ0v) is 18.6. The molecule has 2 aromatic carbocycles. The zero-order chi connectivity index (χ0) is 21.7. The maximum atomic E-state index is 13.3. The molecule has 0 aliphatic heterocycles. The Morgan fingerprint density at radius 1 is 1.17 bits per heavy atom. The van der Waals surface area contributed by atoms with Gasteiger partial charge in [0.05, 0.1) is 17.6 Å². The van der Waals surface area contributed by atoms with Crippen LogP contribution in [-0.2, 0) is 23.3 Å². The molecule has 1 unspecified atom stereocenters. The Balaban J connectivity index is 2.04. The van der Waals surface area contributed by atoms with E-state index in [2.05, 4.69) is 18.9 Å². The summed E-state index contributed by atoms with van der Waals surface area (Å²) in [7, 11) is 0. The number of benzene rings is 2. The van der Waals surface area contributed by atoms with Crippen molar-refractivity contribution in [3.05, 3.63) is 81.2 Å². The fraction of sp³-hybridized carbons (Fsp3) is 0.304. The van der Waals surface area contributed by atoms with Crippen molar-refractivity contribution in [2.45, 2.75) is 38.9 Å². The lowest BCUT2D eigenvalue weighted by Gasteiger charge is -2.13. The predicted molar refractivity (Wildman–Crippen MR) is 123 cm³/mol. The van der Waals surface area contributed by atoms with Gasteiger partial charge in [0.1, 0.15) is 0 Å². The third kappa shape index (κ3) is 5.65. The zero-order valence-electron chi connectivity index (χ0n) is 17.0. The third-order valence-corrected chi connectivity index (χ3v) is 5.71. The summed E-state index contributed by atoms with van der Waals surface area (Å²) < 4.78 is 21.5. The number of hydrogen-bond acceptors (Lipinski definition) is 3. The first kappa shape index (κ1) is 22.4. The molecule has 3 aromatic rings. The average molecular weight is 445 g/mol. The molecule has 0 aliphatic rings. The van der Waals surface area contributed by atoms with Crippen molar-refractivity contribution in [3.8, 4) is 16.8 Å². The molecule has 30 heavy (non-hydrogen) atoms. The molecule has 5 nitrogen and oxygen atoms in total. The molecular formula is C23H25ClN2O3S. The number of nitrogens with zero attached hydrogens (tertiary/aromatic N) is 2. The second kappa shape index (κ2) is 10.2. The molecule has 0 aliphatic carbocycles. The molecule has 1 atom stereocenters.